The monoisotopic (exact) mass is 228 g/mol. The van der Waals surface area contributed by atoms with Crippen LogP contribution in [0.4, 0.5) is 9.59 Å². The van der Waals surface area contributed by atoms with Gasteiger partial charge in [-0.15, -0.1) is 0 Å². The van der Waals surface area contributed by atoms with Gasteiger partial charge in [-0.1, -0.05) is 0 Å². The van der Waals surface area contributed by atoms with E-state index in [1.165, 1.54) is 18.9 Å². The van der Waals surface area contributed by atoms with E-state index >= 15 is 0 Å². The third-order valence-corrected chi connectivity index (χ3v) is 2.65. The number of rotatable bonds is 2. The molecule has 0 unspecified atom stereocenters. The Hall–Kier alpha value is -1.99. The average molecular weight is 228 g/mol. The van der Waals surface area contributed by atoms with Gasteiger partial charge in [0, 0.05) is 0 Å². The van der Waals surface area contributed by atoms with Crippen molar-refractivity contribution in [2.45, 2.75) is 25.3 Å². The summed E-state index contributed by atoms with van der Waals surface area (Å²) >= 11 is 0. The Kier molecular flexibility index (Phi) is 2.33. The zero-order chi connectivity index (χ0) is 11.9. The fourth-order valence-corrected chi connectivity index (χ4v) is 1.86. The van der Waals surface area contributed by atoms with Crippen molar-refractivity contribution in [3.8, 4) is 0 Å². The fraction of sp³-hybridized carbons (Fsp3) is 0.625. The van der Waals surface area contributed by atoms with Gasteiger partial charge in [-0.25, -0.2) is 14.4 Å². The maximum atomic E-state index is 11.6. The molecule has 0 aliphatic carbocycles. The molecule has 2 saturated heterocycles. The highest BCUT2D eigenvalue weighted by Gasteiger charge is 2.48. The number of carbonyl (C=O) groups is 3. The molecule has 16 heavy (non-hydrogen) atoms. The number of hydrogen-bond donors (Lipinski definition) is 3. The highest BCUT2D eigenvalue weighted by Crippen LogP contribution is 2.17. The summed E-state index contributed by atoms with van der Waals surface area (Å²) in [6, 6.07) is -1.54. The molecule has 0 radical (unpaired) electrons. The van der Waals surface area contributed by atoms with Crippen molar-refractivity contribution in [3.63, 3.8) is 0 Å². The number of carbonyl (C=O) groups excluding carboxylic acids is 3. The minimum atomic E-state index is -0.750. The van der Waals surface area contributed by atoms with Crippen LogP contribution in [0.15, 0.2) is 0 Å². The normalized spacial score (nSPS) is 29.0. The van der Waals surface area contributed by atoms with Gasteiger partial charge in [-0.2, -0.15) is 0 Å². The molecule has 0 spiro atoms. The number of esters is 1. The minimum absolute atomic E-state index is 0.378. The minimum Gasteiger partial charge on any atom is -0.467 e. The van der Waals surface area contributed by atoms with E-state index in [2.05, 4.69) is 20.7 Å². The maximum absolute atomic E-state index is 11.6. The van der Waals surface area contributed by atoms with Gasteiger partial charge in [0.05, 0.1) is 7.11 Å². The molecule has 88 valence electrons. The van der Waals surface area contributed by atoms with Crippen LogP contribution >= 0.6 is 0 Å². The first-order valence-corrected chi connectivity index (χ1v) is 4.78. The van der Waals surface area contributed by atoms with Crippen molar-refractivity contribution in [2.75, 3.05) is 7.11 Å². The highest BCUT2D eigenvalue weighted by atomic mass is 16.5. The van der Waals surface area contributed by atoms with Gasteiger partial charge in [-0.3, -0.25) is 4.90 Å². The van der Waals surface area contributed by atoms with E-state index in [0.717, 1.165) is 0 Å². The van der Waals surface area contributed by atoms with E-state index in [1.54, 1.807) is 0 Å². The quantitative estimate of drug-likeness (QED) is 0.503. The summed E-state index contributed by atoms with van der Waals surface area (Å²) in [5.74, 6) is -0.531. The predicted molar refractivity (Wildman–Crippen MR) is 51.1 cm³/mol. The van der Waals surface area contributed by atoms with Crippen LogP contribution in [0.5, 0.6) is 0 Å². The Balaban J connectivity index is 2.17. The molecule has 0 aromatic heterocycles. The van der Waals surface area contributed by atoms with E-state index in [1.807, 2.05) is 0 Å². The second-order valence-corrected chi connectivity index (χ2v) is 3.60. The Morgan fingerprint density at radius 1 is 1.38 bits per heavy atom. The van der Waals surface area contributed by atoms with Crippen LogP contribution < -0.4 is 16.0 Å². The van der Waals surface area contributed by atoms with Crippen LogP contribution in [0.25, 0.3) is 0 Å². The third kappa shape index (κ3) is 1.42. The van der Waals surface area contributed by atoms with Crippen molar-refractivity contribution in [3.05, 3.63) is 0 Å². The molecular formula is C8H12N4O4. The third-order valence-electron chi connectivity index (χ3n) is 2.65. The lowest BCUT2D eigenvalue weighted by molar-refractivity contribution is -0.145. The highest BCUT2D eigenvalue weighted by molar-refractivity contribution is 5.88. The van der Waals surface area contributed by atoms with Gasteiger partial charge in [0.25, 0.3) is 0 Å². The van der Waals surface area contributed by atoms with E-state index < -0.39 is 30.4 Å². The van der Waals surface area contributed by atoms with Gasteiger partial charge >= 0.3 is 18.0 Å². The van der Waals surface area contributed by atoms with Crippen molar-refractivity contribution < 1.29 is 19.1 Å². The molecule has 0 saturated carbocycles. The van der Waals surface area contributed by atoms with Gasteiger partial charge in [0.1, 0.15) is 18.4 Å². The van der Waals surface area contributed by atoms with Crippen molar-refractivity contribution >= 4 is 18.0 Å². The summed E-state index contributed by atoms with van der Waals surface area (Å²) < 4.78 is 4.55. The van der Waals surface area contributed by atoms with Gasteiger partial charge < -0.3 is 20.7 Å². The molecule has 0 aromatic rings. The zero-order valence-electron chi connectivity index (χ0n) is 8.81. The van der Waals surface area contributed by atoms with Crippen LogP contribution in [-0.4, -0.2) is 48.4 Å². The summed E-state index contributed by atoms with van der Waals surface area (Å²) in [6.45, 7) is 1.54. The Morgan fingerprint density at radius 2 is 2.06 bits per heavy atom. The molecule has 2 rings (SSSR count). The lowest BCUT2D eigenvalue weighted by Gasteiger charge is -2.25. The lowest BCUT2D eigenvalue weighted by atomic mass is 10.2. The molecule has 0 aromatic carbocycles. The van der Waals surface area contributed by atoms with E-state index in [-0.39, 0.29) is 6.03 Å². The zero-order valence-corrected chi connectivity index (χ0v) is 8.81. The molecule has 2 aliphatic rings. The molecule has 4 amide bonds. The first-order valence-electron chi connectivity index (χ1n) is 4.78. The second-order valence-electron chi connectivity index (χ2n) is 3.60. The number of nitrogens with zero attached hydrogens (tertiary/aromatic N) is 1. The Morgan fingerprint density at radius 3 is 2.69 bits per heavy atom. The Labute approximate surface area is 91.3 Å². The smallest absolute Gasteiger partial charge is 0.328 e. The molecular weight excluding hydrogens is 216 g/mol. The van der Waals surface area contributed by atoms with Gasteiger partial charge in [0.15, 0.2) is 0 Å². The number of fused-ring (bicyclic) bond motifs is 1. The molecule has 3 N–H and O–H groups in total. The largest absolute Gasteiger partial charge is 0.467 e. The SMILES string of the molecule is COC(=O)[C@H](C)N1C(=O)N[C@H]2NC(=O)N[C@H]21. The fourth-order valence-electron chi connectivity index (χ4n) is 1.86. The molecule has 2 heterocycles. The Bertz CT molecular complexity index is 358. The molecule has 0 bridgehead atoms. The van der Waals surface area contributed by atoms with Crippen molar-refractivity contribution in [2.24, 2.45) is 0 Å². The summed E-state index contributed by atoms with van der Waals surface area (Å²) in [6.07, 6.45) is -1.07. The molecule has 2 fully saturated rings. The summed E-state index contributed by atoms with van der Waals surface area (Å²) in [7, 11) is 1.25. The molecule has 8 nitrogen and oxygen atoms in total. The first-order chi connectivity index (χ1) is 7.54. The number of nitrogens with one attached hydrogen (secondary N) is 3. The van der Waals surface area contributed by atoms with E-state index in [0.29, 0.717) is 0 Å². The van der Waals surface area contributed by atoms with E-state index in [4.69, 9.17) is 0 Å². The van der Waals surface area contributed by atoms with Gasteiger partial charge in [0.2, 0.25) is 0 Å². The molecule has 8 heteroatoms. The summed E-state index contributed by atoms with van der Waals surface area (Å²) in [5, 5.41) is 7.59. The van der Waals surface area contributed by atoms with Crippen LogP contribution in [0.2, 0.25) is 0 Å². The predicted octanol–water partition coefficient (Wildman–Crippen LogP) is -1.46. The first kappa shape index (κ1) is 10.5. The number of methoxy groups -OCH3 is 1. The summed E-state index contributed by atoms with van der Waals surface area (Å²) in [5.41, 5.74) is 0. The van der Waals surface area contributed by atoms with Gasteiger partial charge in [-0.05, 0) is 6.92 Å². The number of urea groups is 2. The second kappa shape index (κ2) is 3.54. The van der Waals surface area contributed by atoms with Crippen LogP contribution in [0.1, 0.15) is 6.92 Å². The topological polar surface area (TPSA) is 99.8 Å². The molecule has 3 atom stereocenters. The van der Waals surface area contributed by atoms with Crippen molar-refractivity contribution in [1.29, 1.82) is 0 Å². The summed E-state index contributed by atoms with van der Waals surface area (Å²) in [4.78, 5) is 35.2. The maximum Gasteiger partial charge on any atom is 0.328 e. The number of ether oxygens (including phenoxy) is 1. The lowest BCUT2D eigenvalue weighted by Crippen LogP contribution is -2.51. The van der Waals surface area contributed by atoms with Crippen molar-refractivity contribution in [1.82, 2.24) is 20.9 Å². The number of hydrogen-bond acceptors (Lipinski definition) is 4. The van der Waals surface area contributed by atoms with Crippen LogP contribution in [0, 0.1) is 0 Å². The van der Waals surface area contributed by atoms with Crippen LogP contribution in [-0.2, 0) is 9.53 Å². The average Bonchev–Trinajstić information content (AvgIpc) is 2.70. The standard InChI is InChI=1S/C8H12N4O4/c1-3(6(13)16-2)12-5-4(10-8(12)15)9-7(14)11-5/h3-5H,1-2H3,(H,10,15)(H2,9,11,14)/t3-,4+,5-/m0/s1. The molecule has 2 aliphatic heterocycles. The number of amides is 4. The van der Waals surface area contributed by atoms with Crippen LogP contribution in [0.3, 0.4) is 0 Å². The van der Waals surface area contributed by atoms with E-state index in [9.17, 15) is 14.4 Å².